The van der Waals surface area contributed by atoms with Gasteiger partial charge in [0, 0.05) is 11.3 Å². The molecule has 0 aliphatic carbocycles. The van der Waals surface area contributed by atoms with E-state index in [1.165, 1.54) is 0 Å². The van der Waals surface area contributed by atoms with E-state index < -0.39 is 0 Å². The fourth-order valence-electron chi connectivity index (χ4n) is 2.15. The number of hydrogen-bond acceptors (Lipinski definition) is 3. The third-order valence-corrected chi connectivity index (χ3v) is 3.48. The number of para-hydroxylation sites is 1. The first kappa shape index (κ1) is 15.2. The zero-order valence-electron chi connectivity index (χ0n) is 12.1. The Kier molecular flexibility index (Phi) is 5.08. The molecule has 0 fully saturated rings. The number of anilines is 1. The van der Waals surface area contributed by atoms with Crippen LogP contribution in [0.5, 0.6) is 5.75 Å². The van der Waals surface area contributed by atoms with Crippen molar-refractivity contribution in [2.24, 2.45) is 0 Å². The second-order valence-electron chi connectivity index (χ2n) is 4.64. The van der Waals surface area contributed by atoms with Crippen molar-refractivity contribution in [1.29, 1.82) is 5.26 Å². The molecular weight excluding hydrogens is 284 g/mol. The van der Waals surface area contributed by atoms with Gasteiger partial charge < -0.3 is 10.1 Å². The Morgan fingerprint density at radius 1 is 1.29 bits per heavy atom. The standard InChI is InChI=1S/C17H17ClN2O/c1-3-21-17-7-5-4-6-15(17)12(2)20-14-8-9-16(18)13(10-14)11-19/h4-10,12,20H,3H2,1-2H3. The van der Waals surface area contributed by atoms with Crippen LogP contribution in [0.15, 0.2) is 42.5 Å². The van der Waals surface area contributed by atoms with E-state index in [-0.39, 0.29) is 6.04 Å². The van der Waals surface area contributed by atoms with Gasteiger partial charge in [0.1, 0.15) is 11.8 Å². The number of nitrogens with one attached hydrogen (secondary N) is 1. The number of benzene rings is 2. The predicted octanol–water partition coefficient (Wildman–Crippen LogP) is 4.78. The lowest BCUT2D eigenvalue weighted by molar-refractivity contribution is 0.335. The third kappa shape index (κ3) is 3.68. The van der Waals surface area contributed by atoms with Crippen LogP contribution in [0.25, 0.3) is 0 Å². The molecule has 3 nitrogen and oxygen atoms in total. The number of hydrogen-bond donors (Lipinski definition) is 1. The summed E-state index contributed by atoms with van der Waals surface area (Å²) in [4.78, 5) is 0. The topological polar surface area (TPSA) is 45.0 Å². The largest absolute Gasteiger partial charge is 0.494 e. The molecule has 2 aromatic rings. The lowest BCUT2D eigenvalue weighted by atomic mass is 10.1. The van der Waals surface area contributed by atoms with Crippen LogP contribution in [0, 0.1) is 11.3 Å². The highest BCUT2D eigenvalue weighted by Crippen LogP contribution is 2.29. The van der Waals surface area contributed by atoms with Gasteiger partial charge >= 0.3 is 0 Å². The van der Waals surface area contributed by atoms with Crippen LogP contribution in [-0.2, 0) is 0 Å². The molecule has 0 saturated carbocycles. The molecule has 0 bridgehead atoms. The molecular formula is C17H17ClN2O. The van der Waals surface area contributed by atoms with Crippen molar-refractivity contribution in [1.82, 2.24) is 0 Å². The summed E-state index contributed by atoms with van der Waals surface area (Å²) in [5, 5.41) is 12.9. The Morgan fingerprint density at radius 3 is 2.76 bits per heavy atom. The van der Waals surface area contributed by atoms with Crippen molar-refractivity contribution >= 4 is 17.3 Å². The lowest BCUT2D eigenvalue weighted by Crippen LogP contribution is -2.09. The summed E-state index contributed by atoms with van der Waals surface area (Å²) in [7, 11) is 0. The maximum Gasteiger partial charge on any atom is 0.124 e. The zero-order chi connectivity index (χ0) is 15.2. The normalized spacial score (nSPS) is 11.5. The first-order valence-corrected chi connectivity index (χ1v) is 7.21. The Hall–Kier alpha value is -2.18. The van der Waals surface area contributed by atoms with Crippen molar-refractivity contribution in [3.8, 4) is 11.8 Å². The average Bonchev–Trinajstić information content (AvgIpc) is 2.50. The summed E-state index contributed by atoms with van der Waals surface area (Å²) < 4.78 is 5.65. The lowest BCUT2D eigenvalue weighted by Gasteiger charge is -2.19. The molecule has 1 atom stereocenters. The molecule has 1 unspecified atom stereocenters. The molecule has 0 radical (unpaired) electrons. The summed E-state index contributed by atoms with van der Waals surface area (Å²) >= 11 is 5.95. The van der Waals surface area contributed by atoms with Crippen molar-refractivity contribution in [3.63, 3.8) is 0 Å². The summed E-state index contributed by atoms with van der Waals surface area (Å²) in [6.07, 6.45) is 0. The number of halogens is 1. The number of nitriles is 1. The van der Waals surface area contributed by atoms with Gasteiger partial charge in [0.15, 0.2) is 0 Å². The van der Waals surface area contributed by atoms with Gasteiger partial charge in [-0.1, -0.05) is 29.8 Å². The fourth-order valence-corrected chi connectivity index (χ4v) is 2.31. The van der Waals surface area contributed by atoms with Crippen LogP contribution in [0.1, 0.15) is 31.0 Å². The Labute approximate surface area is 130 Å². The molecule has 0 aliphatic heterocycles. The van der Waals surface area contributed by atoms with E-state index in [1.807, 2.05) is 37.3 Å². The van der Waals surface area contributed by atoms with Gasteiger partial charge in [-0.25, -0.2) is 0 Å². The Morgan fingerprint density at radius 2 is 2.05 bits per heavy atom. The summed E-state index contributed by atoms with van der Waals surface area (Å²) in [5.41, 5.74) is 2.40. The second kappa shape index (κ2) is 7.01. The van der Waals surface area contributed by atoms with Gasteiger partial charge in [0.2, 0.25) is 0 Å². The predicted molar refractivity (Wildman–Crippen MR) is 85.8 cm³/mol. The van der Waals surface area contributed by atoms with E-state index in [1.54, 1.807) is 12.1 Å². The van der Waals surface area contributed by atoms with Gasteiger partial charge in [-0.3, -0.25) is 0 Å². The maximum absolute atomic E-state index is 9.03. The molecule has 0 saturated heterocycles. The number of rotatable bonds is 5. The van der Waals surface area contributed by atoms with E-state index >= 15 is 0 Å². The SMILES string of the molecule is CCOc1ccccc1C(C)Nc1ccc(Cl)c(C#N)c1. The van der Waals surface area contributed by atoms with E-state index in [9.17, 15) is 0 Å². The molecule has 4 heteroatoms. The minimum atomic E-state index is 0.0560. The van der Waals surface area contributed by atoms with Crippen LogP contribution >= 0.6 is 11.6 Å². The first-order chi connectivity index (χ1) is 10.2. The van der Waals surface area contributed by atoms with E-state index in [0.29, 0.717) is 17.2 Å². The maximum atomic E-state index is 9.03. The Bertz CT molecular complexity index is 664. The molecule has 0 aliphatic rings. The van der Waals surface area contributed by atoms with Gasteiger partial charge in [0.25, 0.3) is 0 Å². The highest BCUT2D eigenvalue weighted by atomic mass is 35.5. The molecule has 21 heavy (non-hydrogen) atoms. The zero-order valence-corrected chi connectivity index (χ0v) is 12.8. The van der Waals surface area contributed by atoms with Crippen LogP contribution < -0.4 is 10.1 Å². The van der Waals surface area contributed by atoms with E-state index in [0.717, 1.165) is 17.0 Å². The van der Waals surface area contributed by atoms with E-state index in [2.05, 4.69) is 18.3 Å². The summed E-state index contributed by atoms with van der Waals surface area (Å²) in [6.45, 7) is 4.65. The van der Waals surface area contributed by atoms with Crippen molar-refractivity contribution < 1.29 is 4.74 Å². The molecule has 0 aromatic heterocycles. The smallest absolute Gasteiger partial charge is 0.124 e. The van der Waals surface area contributed by atoms with Gasteiger partial charge in [-0.2, -0.15) is 5.26 Å². The molecule has 108 valence electrons. The minimum absolute atomic E-state index is 0.0560. The highest BCUT2D eigenvalue weighted by molar-refractivity contribution is 6.31. The third-order valence-electron chi connectivity index (χ3n) is 3.16. The fraction of sp³-hybridized carbons (Fsp3) is 0.235. The average molecular weight is 301 g/mol. The molecule has 0 spiro atoms. The van der Waals surface area contributed by atoms with Gasteiger partial charge in [-0.05, 0) is 38.1 Å². The molecule has 2 rings (SSSR count). The molecule has 1 N–H and O–H groups in total. The van der Waals surface area contributed by atoms with Crippen LogP contribution in [0.3, 0.4) is 0 Å². The van der Waals surface area contributed by atoms with Crippen LogP contribution in [0.4, 0.5) is 5.69 Å². The number of ether oxygens (including phenoxy) is 1. The summed E-state index contributed by atoms with van der Waals surface area (Å²) in [5.74, 6) is 0.870. The van der Waals surface area contributed by atoms with Gasteiger partial charge in [0.05, 0.1) is 23.2 Å². The molecule has 2 aromatic carbocycles. The molecule has 0 amide bonds. The summed E-state index contributed by atoms with van der Waals surface area (Å²) in [6, 6.07) is 15.4. The van der Waals surface area contributed by atoms with Crippen molar-refractivity contribution in [2.45, 2.75) is 19.9 Å². The quantitative estimate of drug-likeness (QED) is 0.864. The van der Waals surface area contributed by atoms with Crippen molar-refractivity contribution in [2.75, 3.05) is 11.9 Å². The second-order valence-corrected chi connectivity index (χ2v) is 5.05. The van der Waals surface area contributed by atoms with Crippen LogP contribution in [-0.4, -0.2) is 6.61 Å². The van der Waals surface area contributed by atoms with Crippen molar-refractivity contribution in [3.05, 3.63) is 58.6 Å². The molecule has 0 heterocycles. The number of nitrogens with zero attached hydrogens (tertiary/aromatic N) is 1. The highest BCUT2D eigenvalue weighted by Gasteiger charge is 2.11. The Balaban J connectivity index is 2.22. The minimum Gasteiger partial charge on any atom is -0.494 e. The first-order valence-electron chi connectivity index (χ1n) is 6.83. The van der Waals surface area contributed by atoms with E-state index in [4.69, 9.17) is 21.6 Å². The van der Waals surface area contributed by atoms with Gasteiger partial charge in [-0.15, -0.1) is 0 Å². The monoisotopic (exact) mass is 300 g/mol. The van der Waals surface area contributed by atoms with Crippen LogP contribution in [0.2, 0.25) is 5.02 Å².